The van der Waals surface area contributed by atoms with E-state index in [0.29, 0.717) is 16.8 Å². The lowest BCUT2D eigenvalue weighted by Gasteiger charge is -2.03. The van der Waals surface area contributed by atoms with E-state index in [1.54, 1.807) is 25.1 Å². The number of aromatic hydroxyl groups is 1. The van der Waals surface area contributed by atoms with Crippen molar-refractivity contribution < 1.29 is 5.11 Å². The first-order chi connectivity index (χ1) is 9.68. The molecule has 0 atom stereocenters. The molecule has 3 rings (SSSR count). The molecule has 0 aliphatic carbocycles. The van der Waals surface area contributed by atoms with Gasteiger partial charge in [-0.15, -0.1) is 0 Å². The molecule has 2 aromatic carbocycles. The topological polar surface area (TPSA) is 58.0 Å². The lowest BCUT2D eigenvalue weighted by Crippen LogP contribution is -2.15. The number of hydrogen-bond donors (Lipinski definition) is 2. The van der Waals surface area contributed by atoms with Crippen molar-refractivity contribution in [1.29, 1.82) is 0 Å². The average Bonchev–Trinajstić information content (AvgIpc) is 2.77. The van der Waals surface area contributed by atoms with Gasteiger partial charge in [-0.1, -0.05) is 30.3 Å². The van der Waals surface area contributed by atoms with Crippen LogP contribution >= 0.6 is 0 Å². The fourth-order valence-corrected chi connectivity index (χ4v) is 2.23. The van der Waals surface area contributed by atoms with E-state index in [1.807, 2.05) is 36.4 Å². The van der Waals surface area contributed by atoms with E-state index >= 15 is 0 Å². The van der Waals surface area contributed by atoms with Crippen molar-refractivity contribution in [3.8, 4) is 22.7 Å². The van der Waals surface area contributed by atoms with E-state index in [9.17, 15) is 9.90 Å². The highest BCUT2D eigenvalue weighted by molar-refractivity contribution is 5.69. The number of para-hydroxylation sites is 2. The minimum absolute atomic E-state index is 0.116. The molecule has 20 heavy (non-hydrogen) atoms. The lowest BCUT2D eigenvalue weighted by atomic mass is 10.1. The van der Waals surface area contributed by atoms with Gasteiger partial charge in [0.1, 0.15) is 5.75 Å². The van der Waals surface area contributed by atoms with Crippen LogP contribution in [0.25, 0.3) is 16.9 Å². The van der Waals surface area contributed by atoms with Gasteiger partial charge in [-0.05, 0) is 31.2 Å². The number of phenols is 1. The molecule has 0 unspecified atom stereocenters. The predicted octanol–water partition coefficient (Wildman–Crippen LogP) is 2.85. The van der Waals surface area contributed by atoms with Gasteiger partial charge in [0.2, 0.25) is 0 Å². The van der Waals surface area contributed by atoms with Crippen molar-refractivity contribution in [3.63, 3.8) is 0 Å². The van der Waals surface area contributed by atoms with Crippen LogP contribution in [-0.4, -0.2) is 14.9 Å². The maximum atomic E-state index is 12.3. The van der Waals surface area contributed by atoms with Gasteiger partial charge in [0.15, 0.2) is 0 Å². The quantitative estimate of drug-likeness (QED) is 0.749. The minimum atomic E-state index is -0.116. The van der Waals surface area contributed by atoms with E-state index in [4.69, 9.17) is 0 Å². The molecule has 4 heteroatoms. The Balaban J connectivity index is 2.22. The third-order valence-corrected chi connectivity index (χ3v) is 3.31. The van der Waals surface area contributed by atoms with E-state index in [-0.39, 0.29) is 11.3 Å². The highest BCUT2D eigenvalue weighted by Crippen LogP contribution is 2.28. The zero-order valence-corrected chi connectivity index (χ0v) is 11.0. The first kappa shape index (κ1) is 12.3. The lowest BCUT2D eigenvalue weighted by molar-refractivity contribution is 0.477. The molecule has 0 saturated heterocycles. The number of aromatic nitrogens is 2. The summed E-state index contributed by atoms with van der Waals surface area (Å²) in [5.41, 5.74) is 2.49. The number of phenolic OH excluding ortho intramolecular Hbond substituents is 1. The predicted molar refractivity (Wildman–Crippen MR) is 78.2 cm³/mol. The number of benzene rings is 2. The Kier molecular flexibility index (Phi) is 2.91. The maximum absolute atomic E-state index is 12.3. The van der Waals surface area contributed by atoms with Crippen molar-refractivity contribution in [3.05, 3.63) is 70.5 Å². The molecule has 1 aromatic heterocycles. The molecule has 100 valence electrons. The summed E-state index contributed by atoms with van der Waals surface area (Å²) >= 11 is 0. The minimum Gasteiger partial charge on any atom is -0.507 e. The molecule has 0 bridgehead atoms. The largest absolute Gasteiger partial charge is 0.507 e. The monoisotopic (exact) mass is 266 g/mol. The third-order valence-electron chi connectivity index (χ3n) is 3.31. The van der Waals surface area contributed by atoms with Crippen LogP contribution in [0.2, 0.25) is 0 Å². The molecule has 0 fully saturated rings. The number of hydrogen-bond acceptors (Lipinski definition) is 2. The molecule has 2 N–H and O–H groups in total. The zero-order chi connectivity index (χ0) is 14.1. The number of rotatable bonds is 2. The maximum Gasteiger partial charge on any atom is 0.274 e. The Hall–Kier alpha value is -2.75. The van der Waals surface area contributed by atoms with E-state index in [1.165, 1.54) is 4.68 Å². The summed E-state index contributed by atoms with van der Waals surface area (Å²) in [5.74, 6) is 0.150. The molecule has 0 radical (unpaired) electrons. The van der Waals surface area contributed by atoms with Gasteiger partial charge in [0.05, 0.1) is 11.4 Å². The standard InChI is InChI=1S/C16H14N2O2/c1-11-15(13-9-5-6-10-14(13)19)17-18(16(11)20)12-7-3-2-4-8-12/h2-10,17,19H,1H3. The summed E-state index contributed by atoms with van der Waals surface area (Å²) in [7, 11) is 0. The molecule has 0 spiro atoms. The van der Waals surface area contributed by atoms with Gasteiger partial charge in [-0.25, -0.2) is 4.68 Å². The molecular formula is C16H14N2O2. The molecule has 0 saturated carbocycles. The Morgan fingerprint density at radius 1 is 1.00 bits per heavy atom. The smallest absolute Gasteiger partial charge is 0.274 e. The van der Waals surface area contributed by atoms with Crippen LogP contribution in [0.4, 0.5) is 0 Å². The fraction of sp³-hybridized carbons (Fsp3) is 0.0625. The Labute approximate surface area is 115 Å². The molecular weight excluding hydrogens is 252 g/mol. The molecule has 3 aromatic rings. The molecule has 1 heterocycles. The van der Waals surface area contributed by atoms with Crippen LogP contribution in [0.3, 0.4) is 0 Å². The Bertz CT molecular complexity index is 801. The number of H-pyrrole nitrogens is 1. The second-order valence-electron chi connectivity index (χ2n) is 4.61. The average molecular weight is 266 g/mol. The summed E-state index contributed by atoms with van der Waals surface area (Å²) in [6.07, 6.45) is 0. The van der Waals surface area contributed by atoms with Crippen molar-refractivity contribution in [2.45, 2.75) is 6.92 Å². The Morgan fingerprint density at radius 3 is 2.35 bits per heavy atom. The van der Waals surface area contributed by atoms with Gasteiger partial charge in [0.25, 0.3) is 5.56 Å². The second kappa shape index (κ2) is 4.74. The summed E-state index contributed by atoms with van der Waals surface area (Å²) in [6, 6.07) is 16.3. The van der Waals surface area contributed by atoms with E-state index < -0.39 is 0 Å². The summed E-state index contributed by atoms with van der Waals surface area (Å²) in [4.78, 5) is 12.3. The van der Waals surface area contributed by atoms with Gasteiger partial charge in [-0.2, -0.15) is 0 Å². The molecule has 4 nitrogen and oxygen atoms in total. The van der Waals surface area contributed by atoms with Gasteiger partial charge >= 0.3 is 0 Å². The number of nitrogens with one attached hydrogen (secondary N) is 1. The highest BCUT2D eigenvalue weighted by Gasteiger charge is 2.14. The Morgan fingerprint density at radius 2 is 1.65 bits per heavy atom. The normalized spacial score (nSPS) is 10.7. The summed E-state index contributed by atoms with van der Waals surface area (Å²) in [5, 5.41) is 13.0. The van der Waals surface area contributed by atoms with E-state index in [2.05, 4.69) is 5.10 Å². The second-order valence-corrected chi connectivity index (χ2v) is 4.61. The first-order valence-corrected chi connectivity index (χ1v) is 6.34. The van der Waals surface area contributed by atoms with Crippen LogP contribution in [0, 0.1) is 6.92 Å². The van der Waals surface area contributed by atoms with Crippen LogP contribution in [0.5, 0.6) is 5.75 Å². The van der Waals surface area contributed by atoms with Crippen molar-refractivity contribution in [2.75, 3.05) is 0 Å². The van der Waals surface area contributed by atoms with Gasteiger partial charge in [-0.3, -0.25) is 9.89 Å². The summed E-state index contributed by atoms with van der Waals surface area (Å²) < 4.78 is 1.48. The van der Waals surface area contributed by atoms with E-state index in [0.717, 1.165) is 5.69 Å². The van der Waals surface area contributed by atoms with Crippen molar-refractivity contribution in [1.82, 2.24) is 9.78 Å². The number of aromatic amines is 1. The van der Waals surface area contributed by atoms with Crippen LogP contribution in [0.15, 0.2) is 59.4 Å². The third kappa shape index (κ3) is 1.91. The van der Waals surface area contributed by atoms with Crippen molar-refractivity contribution >= 4 is 0 Å². The zero-order valence-electron chi connectivity index (χ0n) is 11.0. The molecule has 0 amide bonds. The highest BCUT2D eigenvalue weighted by atomic mass is 16.3. The van der Waals surface area contributed by atoms with Crippen molar-refractivity contribution in [2.24, 2.45) is 0 Å². The fourth-order valence-electron chi connectivity index (χ4n) is 2.23. The molecule has 0 aliphatic heterocycles. The van der Waals surface area contributed by atoms with Gasteiger partial charge < -0.3 is 5.11 Å². The van der Waals surface area contributed by atoms with Crippen LogP contribution in [-0.2, 0) is 0 Å². The van der Waals surface area contributed by atoms with Crippen LogP contribution < -0.4 is 5.56 Å². The first-order valence-electron chi connectivity index (χ1n) is 6.34. The van der Waals surface area contributed by atoms with Crippen LogP contribution in [0.1, 0.15) is 5.56 Å². The molecule has 0 aliphatic rings. The number of nitrogens with zero attached hydrogens (tertiary/aromatic N) is 1. The SMILES string of the molecule is Cc1c(-c2ccccc2O)[nH]n(-c2ccccc2)c1=O. The summed E-state index contributed by atoms with van der Waals surface area (Å²) in [6.45, 7) is 1.75. The van der Waals surface area contributed by atoms with Gasteiger partial charge in [0, 0.05) is 11.1 Å².